The summed E-state index contributed by atoms with van der Waals surface area (Å²) in [5.41, 5.74) is 2.25. The molecule has 0 aliphatic heterocycles. The average Bonchev–Trinajstić information content (AvgIpc) is 2.20. The highest BCUT2D eigenvalue weighted by molar-refractivity contribution is 5.47. The molecule has 3 rings (SSSR count). The molecule has 0 amide bonds. The van der Waals surface area contributed by atoms with Crippen LogP contribution in [0.5, 0.6) is 0 Å². The molecule has 0 aliphatic carbocycles. The molecule has 11 heavy (non-hydrogen) atoms. The maximum absolute atomic E-state index is 5.24. The standard InChI is InChI=1S/C7H10N2O.ClH/c1-3-4-5-6-8-7(10-6)9(5)2;/h3-4H2,1-2H3;1H. The second-order valence-electron chi connectivity index (χ2n) is 2.62. The molecule has 0 unspecified atom stereocenters. The normalized spacial score (nSPS) is 10.7. The first-order valence-corrected chi connectivity index (χ1v) is 3.61. The summed E-state index contributed by atoms with van der Waals surface area (Å²) < 4.78 is 7.31. The highest BCUT2D eigenvalue weighted by Gasteiger charge is 2.24. The van der Waals surface area contributed by atoms with E-state index in [1.165, 1.54) is 12.1 Å². The van der Waals surface area contributed by atoms with Crippen molar-refractivity contribution in [1.29, 1.82) is 0 Å². The number of aromatic nitrogens is 2. The minimum Gasteiger partial charge on any atom is -1.00 e. The van der Waals surface area contributed by atoms with Crippen LogP contribution < -0.4 is 17.0 Å². The minimum atomic E-state index is 0. The zero-order chi connectivity index (χ0) is 7.14. The number of oxazole rings is 1. The summed E-state index contributed by atoms with van der Waals surface area (Å²) in [7, 11) is 2.02. The van der Waals surface area contributed by atoms with Gasteiger partial charge in [-0.25, -0.2) is 0 Å². The molecule has 0 spiro atoms. The summed E-state index contributed by atoms with van der Waals surface area (Å²) in [5, 5.41) is 0. The summed E-state index contributed by atoms with van der Waals surface area (Å²) >= 11 is 0. The Balaban J connectivity index is 0.000000605. The summed E-state index contributed by atoms with van der Waals surface area (Å²) in [4.78, 5) is 3.10. The van der Waals surface area contributed by atoms with Crippen molar-refractivity contribution >= 4 is 11.6 Å². The molecule has 0 saturated carbocycles. The summed E-state index contributed by atoms with van der Waals surface area (Å²) in [6, 6.07) is 0. The van der Waals surface area contributed by atoms with Crippen molar-refractivity contribution in [3.63, 3.8) is 0 Å². The van der Waals surface area contributed by atoms with Crippen molar-refractivity contribution < 1.29 is 21.4 Å². The first-order valence-electron chi connectivity index (χ1n) is 3.61. The first-order chi connectivity index (χ1) is 4.83. The average molecular weight is 175 g/mol. The molecular weight excluding hydrogens is 164 g/mol. The largest absolute Gasteiger partial charge is 1.00 e. The molecule has 0 atom stereocenters. The van der Waals surface area contributed by atoms with E-state index < -0.39 is 0 Å². The fraction of sp³-hybridized carbons (Fsp3) is 0.571. The number of nitrogens with one attached hydrogen (secondary N) is 1. The fourth-order valence-corrected chi connectivity index (χ4v) is 1.27. The molecule has 0 aromatic carbocycles. The van der Waals surface area contributed by atoms with Gasteiger partial charge in [-0.3, -0.25) is 0 Å². The number of aromatic amines is 1. The van der Waals surface area contributed by atoms with Crippen molar-refractivity contribution in [3.8, 4) is 0 Å². The van der Waals surface area contributed by atoms with Gasteiger partial charge in [0.1, 0.15) is 0 Å². The van der Waals surface area contributed by atoms with Gasteiger partial charge in [0.15, 0.2) is 5.69 Å². The molecule has 3 aromatic rings. The van der Waals surface area contributed by atoms with E-state index in [2.05, 4.69) is 16.5 Å². The highest BCUT2D eigenvalue weighted by Crippen LogP contribution is 2.15. The molecule has 3 heterocycles. The van der Waals surface area contributed by atoms with Crippen LogP contribution in [0.4, 0.5) is 0 Å². The van der Waals surface area contributed by atoms with E-state index in [0.717, 1.165) is 18.0 Å². The Kier molecular flexibility index (Phi) is 2.09. The van der Waals surface area contributed by atoms with Gasteiger partial charge in [-0.05, 0) is 6.42 Å². The van der Waals surface area contributed by atoms with Gasteiger partial charge >= 0.3 is 11.6 Å². The molecule has 0 saturated heterocycles. The number of H-pyrrole nitrogens is 1. The number of halogens is 1. The van der Waals surface area contributed by atoms with Crippen molar-refractivity contribution in [2.75, 3.05) is 0 Å². The third-order valence-corrected chi connectivity index (χ3v) is 1.88. The molecule has 1 N–H and O–H groups in total. The molecular formula is C7H11ClN2O. The van der Waals surface area contributed by atoms with Crippen LogP contribution in [-0.2, 0) is 13.5 Å². The van der Waals surface area contributed by atoms with Crippen LogP contribution in [0.3, 0.4) is 0 Å². The van der Waals surface area contributed by atoms with E-state index in [0.29, 0.717) is 0 Å². The Morgan fingerprint density at radius 2 is 2.18 bits per heavy atom. The SMILES string of the molecule is CCCc1c2[nH]c(o2)[n+]1C.[Cl-]. The van der Waals surface area contributed by atoms with Gasteiger partial charge in [0.2, 0.25) is 0 Å². The van der Waals surface area contributed by atoms with E-state index in [-0.39, 0.29) is 12.4 Å². The number of rotatable bonds is 2. The predicted octanol–water partition coefficient (Wildman–Crippen LogP) is -2.02. The number of imidazole rings is 1. The van der Waals surface area contributed by atoms with Crippen LogP contribution in [0, 0.1) is 0 Å². The zero-order valence-electron chi connectivity index (χ0n) is 6.65. The van der Waals surface area contributed by atoms with Crippen LogP contribution in [0.2, 0.25) is 0 Å². The van der Waals surface area contributed by atoms with Gasteiger partial charge in [-0.2, -0.15) is 9.55 Å². The van der Waals surface area contributed by atoms with Gasteiger partial charge in [-0.15, -0.1) is 0 Å². The fourth-order valence-electron chi connectivity index (χ4n) is 1.27. The molecule has 3 nitrogen and oxygen atoms in total. The lowest BCUT2D eigenvalue weighted by Crippen LogP contribution is -3.00. The van der Waals surface area contributed by atoms with Crippen LogP contribution >= 0.6 is 0 Å². The van der Waals surface area contributed by atoms with Crippen LogP contribution in [0.15, 0.2) is 4.42 Å². The molecule has 2 bridgehead atoms. The van der Waals surface area contributed by atoms with Crippen molar-refractivity contribution in [2.24, 2.45) is 7.05 Å². The predicted molar refractivity (Wildman–Crippen MR) is 36.9 cm³/mol. The van der Waals surface area contributed by atoms with Crippen molar-refractivity contribution in [3.05, 3.63) is 5.69 Å². The smallest absolute Gasteiger partial charge is 0.465 e. The second kappa shape index (κ2) is 2.74. The Morgan fingerprint density at radius 1 is 1.55 bits per heavy atom. The maximum Gasteiger partial charge on any atom is 0.465 e. The van der Waals surface area contributed by atoms with Gasteiger partial charge in [0.05, 0.1) is 7.05 Å². The summed E-state index contributed by atoms with van der Waals surface area (Å²) in [6.45, 7) is 2.17. The van der Waals surface area contributed by atoms with Gasteiger partial charge in [-0.1, -0.05) is 6.92 Å². The quantitative estimate of drug-likeness (QED) is 0.524. The van der Waals surface area contributed by atoms with E-state index in [9.17, 15) is 0 Å². The van der Waals surface area contributed by atoms with E-state index >= 15 is 0 Å². The van der Waals surface area contributed by atoms with Gasteiger partial charge in [0, 0.05) is 6.42 Å². The number of hydrogen-bond donors (Lipinski definition) is 1. The number of nitrogens with zero attached hydrogens (tertiary/aromatic N) is 1. The molecule has 62 valence electrons. The molecule has 3 aromatic heterocycles. The van der Waals surface area contributed by atoms with E-state index in [1.54, 1.807) is 0 Å². The lowest BCUT2D eigenvalue weighted by Gasteiger charge is -1.85. The monoisotopic (exact) mass is 174 g/mol. The summed E-state index contributed by atoms with van der Waals surface area (Å²) in [5.74, 6) is 0.887. The van der Waals surface area contributed by atoms with Gasteiger partial charge in [0.25, 0.3) is 0 Å². The Bertz CT molecular complexity index is 310. The number of aryl methyl sites for hydroxylation is 2. The molecule has 0 aliphatic rings. The summed E-state index contributed by atoms with van der Waals surface area (Å²) in [6.07, 6.45) is 2.27. The maximum atomic E-state index is 5.24. The van der Waals surface area contributed by atoms with Crippen molar-refractivity contribution in [1.82, 2.24) is 4.98 Å². The first kappa shape index (κ1) is 8.40. The topological polar surface area (TPSA) is 32.8 Å². The molecule has 0 radical (unpaired) electrons. The van der Waals surface area contributed by atoms with Crippen LogP contribution in [-0.4, -0.2) is 4.98 Å². The lowest BCUT2D eigenvalue weighted by molar-refractivity contribution is -0.654. The van der Waals surface area contributed by atoms with Gasteiger partial charge < -0.3 is 16.8 Å². The third kappa shape index (κ3) is 0.997. The van der Waals surface area contributed by atoms with E-state index in [1.807, 2.05) is 7.05 Å². The molecule has 0 fully saturated rings. The zero-order valence-corrected chi connectivity index (χ0v) is 7.40. The molecule has 4 heteroatoms. The Labute approximate surface area is 71.1 Å². The van der Waals surface area contributed by atoms with Crippen LogP contribution in [0.1, 0.15) is 19.0 Å². The number of hydrogen-bond acceptors (Lipinski definition) is 1. The van der Waals surface area contributed by atoms with Crippen LogP contribution in [0.25, 0.3) is 11.6 Å². The number of fused-ring (bicyclic) bond motifs is 1. The third-order valence-electron chi connectivity index (χ3n) is 1.88. The second-order valence-corrected chi connectivity index (χ2v) is 2.62. The minimum absolute atomic E-state index is 0. The Morgan fingerprint density at radius 3 is 2.55 bits per heavy atom. The lowest BCUT2D eigenvalue weighted by atomic mass is 10.3. The Hall–Kier alpha value is -0.700. The van der Waals surface area contributed by atoms with Crippen molar-refractivity contribution in [2.45, 2.75) is 19.8 Å². The highest BCUT2D eigenvalue weighted by atomic mass is 35.5. The van der Waals surface area contributed by atoms with E-state index in [4.69, 9.17) is 4.42 Å².